The molecule has 1 aromatic carbocycles. The summed E-state index contributed by atoms with van der Waals surface area (Å²) in [7, 11) is 0. The monoisotopic (exact) mass is 536 g/mol. The van der Waals surface area contributed by atoms with Gasteiger partial charge in [-0.3, -0.25) is 14.4 Å². The van der Waals surface area contributed by atoms with Crippen LogP contribution >= 0.6 is 0 Å². The predicted octanol–water partition coefficient (Wildman–Crippen LogP) is 1.03. The summed E-state index contributed by atoms with van der Waals surface area (Å²) in [6.07, 6.45) is 11.7. The molecule has 2 aliphatic rings. The van der Waals surface area contributed by atoms with Crippen LogP contribution in [0.4, 0.5) is 0 Å². The highest BCUT2D eigenvalue weighted by atomic mass is 16.7. The molecular formula is C26H28N6O7. The van der Waals surface area contributed by atoms with Gasteiger partial charge in [0.05, 0.1) is 6.54 Å². The van der Waals surface area contributed by atoms with E-state index < -0.39 is 34.5 Å². The summed E-state index contributed by atoms with van der Waals surface area (Å²) in [4.78, 5) is 66.5. The third-order valence-corrected chi connectivity index (χ3v) is 5.92. The van der Waals surface area contributed by atoms with Gasteiger partial charge in [0.1, 0.15) is 6.04 Å². The average molecular weight is 537 g/mol. The largest absolute Gasteiger partial charge is 0.480 e. The average Bonchev–Trinajstić information content (AvgIpc) is 3.16. The van der Waals surface area contributed by atoms with Crippen molar-refractivity contribution < 1.29 is 29.3 Å². The molecule has 0 aliphatic carbocycles. The first kappa shape index (κ1) is 28.5. The minimum atomic E-state index is -1.96. The van der Waals surface area contributed by atoms with Crippen LogP contribution in [0.25, 0.3) is 0 Å². The number of hydrazine groups is 1. The first-order chi connectivity index (χ1) is 18.6. The van der Waals surface area contributed by atoms with Gasteiger partial charge in [0.25, 0.3) is 17.5 Å². The minimum Gasteiger partial charge on any atom is -0.480 e. The molecule has 2 atom stereocenters. The molecule has 4 N–H and O–H groups in total. The third kappa shape index (κ3) is 7.47. The molecule has 39 heavy (non-hydrogen) atoms. The molecular weight excluding hydrogens is 508 g/mol. The number of carbonyl (C=O) groups is 4. The quantitative estimate of drug-likeness (QED) is 0.184. The Hall–Kier alpha value is -5.07. The van der Waals surface area contributed by atoms with Gasteiger partial charge < -0.3 is 20.6 Å². The zero-order valence-corrected chi connectivity index (χ0v) is 21.1. The number of benzene rings is 1. The Balaban J connectivity index is 1.54. The molecule has 3 rings (SSSR count). The van der Waals surface area contributed by atoms with Crippen molar-refractivity contribution in [1.29, 1.82) is 0 Å². The number of hydrogen-bond acceptors (Lipinski definition) is 7. The molecule has 13 heteroatoms. The SMILES string of the molecule is Cc1ccccc1C(=O)N1C=CC=C(C(=O)N[C@@H](CCCNC(=O)C2(N[N+](=O)[O-])C=CC=CC=N2)C(=O)O)C1. The Morgan fingerprint density at radius 1 is 1.18 bits per heavy atom. The van der Waals surface area contributed by atoms with Gasteiger partial charge >= 0.3 is 5.97 Å². The number of amides is 3. The van der Waals surface area contributed by atoms with Gasteiger partial charge in [0, 0.05) is 30.1 Å². The number of carboxylic acids is 1. The van der Waals surface area contributed by atoms with Crippen LogP contribution in [0.5, 0.6) is 0 Å². The van der Waals surface area contributed by atoms with E-state index in [-0.39, 0.29) is 37.4 Å². The molecule has 0 saturated heterocycles. The third-order valence-electron chi connectivity index (χ3n) is 5.92. The second-order valence-corrected chi connectivity index (χ2v) is 8.70. The molecule has 0 spiro atoms. The van der Waals surface area contributed by atoms with Crippen molar-refractivity contribution in [3.05, 3.63) is 93.7 Å². The maximum Gasteiger partial charge on any atom is 0.326 e. The summed E-state index contributed by atoms with van der Waals surface area (Å²) >= 11 is 0. The van der Waals surface area contributed by atoms with Crippen molar-refractivity contribution in [2.75, 3.05) is 13.1 Å². The van der Waals surface area contributed by atoms with E-state index in [9.17, 15) is 34.4 Å². The van der Waals surface area contributed by atoms with E-state index in [4.69, 9.17) is 0 Å². The van der Waals surface area contributed by atoms with Crippen LogP contribution in [0.1, 0.15) is 28.8 Å². The fourth-order valence-electron chi connectivity index (χ4n) is 3.86. The lowest BCUT2D eigenvalue weighted by Crippen LogP contribution is -2.56. The number of hydrogen-bond donors (Lipinski definition) is 4. The predicted molar refractivity (Wildman–Crippen MR) is 141 cm³/mol. The first-order valence-electron chi connectivity index (χ1n) is 12.0. The molecule has 1 unspecified atom stereocenters. The summed E-state index contributed by atoms with van der Waals surface area (Å²) in [6.45, 7) is 1.74. The van der Waals surface area contributed by atoms with Crippen LogP contribution in [0.3, 0.4) is 0 Å². The molecule has 2 aliphatic heterocycles. The van der Waals surface area contributed by atoms with Gasteiger partial charge in [-0.05, 0) is 49.6 Å². The zero-order valence-electron chi connectivity index (χ0n) is 21.1. The fourth-order valence-corrected chi connectivity index (χ4v) is 3.86. The molecule has 13 nitrogen and oxygen atoms in total. The highest BCUT2D eigenvalue weighted by molar-refractivity contribution is 6.00. The van der Waals surface area contributed by atoms with Crippen molar-refractivity contribution in [2.45, 2.75) is 31.5 Å². The molecule has 0 saturated carbocycles. The Morgan fingerprint density at radius 3 is 2.67 bits per heavy atom. The normalized spacial score (nSPS) is 18.5. The van der Waals surface area contributed by atoms with Crippen LogP contribution in [-0.2, 0) is 14.4 Å². The number of carboxylic acid groups (broad SMARTS) is 1. The summed E-state index contributed by atoms with van der Waals surface area (Å²) < 4.78 is 0. The Labute approximate surface area is 223 Å². The van der Waals surface area contributed by atoms with E-state index in [1.807, 2.05) is 11.5 Å². The van der Waals surface area contributed by atoms with Crippen LogP contribution in [0.2, 0.25) is 0 Å². The molecule has 204 valence electrons. The number of aliphatic imine (C=N–C) groups is 1. The number of aliphatic carboxylic acids is 1. The Kier molecular flexibility index (Phi) is 9.46. The van der Waals surface area contributed by atoms with Gasteiger partial charge in [-0.15, -0.1) is 0 Å². The highest BCUT2D eigenvalue weighted by Crippen LogP contribution is 2.16. The topological polar surface area (TPSA) is 183 Å². The molecule has 3 amide bonds. The minimum absolute atomic E-state index is 0.0272. The maximum atomic E-state index is 12.9. The molecule has 0 bridgehead atoms. The number of aryl methyl sites for hydroxylation is 1. The number of nitro groups is 1. The van der Waals surface area contributed by atoms with Gasteiger partial charge in [-0.2, -0.15) is 0 Å². The molecule has 2 heterocycles. The number of nitrogens with zero attached hydrogens (tertiary/aromatic N) is 3. The number of carbonyl (C=O) groups excluding carboxylic acids is 3. The van der Waals surface area contributed by atoms with Crippen LogP contribution in [-0.4, -0.2) is 69.7 Å². The van der Waals surface area contributed by atoms with E-state index in [0.717, 1.165) is 5.56 Å². The molecule has 0 aromatic heterocycles. The van der Waals surface area contributed by atoms with E-state index in [1.165, 1.54) is 41.5 Å². The summed E-state index contributed by atoms with van der Waals surface area (Å²) in [5.74, 6) is -3.01. The van der Waals surface area contributed by atoms with Crippen molar-refractivity contribution >= 4 is 29.9 Å². The van der Waals surface area contributed by atoms with E-state index >= 15 is 0 Å². The van der Waals surface area contributed by atoms with Crippen LogP contribution in [0.15, 0.2) is 77.5 Å². The van der Waals surface area contributed by atoms with E-state index in [2.05, 4.69) is 15.6 Å². The van der Waals surface area contributed by atoms with Gasteiger partial charge in [-0.1, -0.05) is 41.9 Å². The van der Waals surface area contributed by atoms with Crippen molar-refractivity contribution in [2.24, 2.45) is 4.99 Å². The van der Waals surface area contributed by atoms with Gasteiger partial charge in [-0.25, -0.2) is 19.9 Å². The molecule has 0 fully saturated rings. The zero-order chi connectivity index (χ0) is 28.4. The number of nitrogens with one attached hydrogen (secondary N) is 3. The lowest BCUT2D eigenvalue weighted by atomic mass is 10.1. The second kappa shape index (κ2) is 12.9. The summed E-state index contributed by atoms with van der Waals surface area (Å²) in [5.41, 5.74) is 1.41. The lowest BCUT2D eigenvalue weighted by molar-refractivity contribution is -0.553. The molecule has 1 aromatic rings. The standard InChI is InChI=1S/C26H28N6O7/c1-18-9-3-4-11-20(18)23(34)31-16-8-10-19(17-31)22(33)29-21(24(35)36)12-7-14-27-25(37)26(30-32(38)39)13-5-2-6-15-28-26/h2-6,8-11,13,15-16,21,30H,7,12,14,17H2,1H3,(H,27,37)(H,29,33)(H,35,36)/t21-,26?/m0/s1. The van der Waals surface area contributed by atoms with Crippen molar-refractivity contribution in [1.82, 2.24) is 21.0 Å². The van der Waals surface area contributed by atoms with Gasteiger partial charge in [0.2, 0.25) is 5.91 Å². The van der Waals surface area contributed by atoms with Crippen LogP contribution < -0.4 is 16.1 Å². The number of rotatable bonds is 11. The van der Waals surface area contributed by atoms with E-state index in [1.54, 1.807) is 37.4 Å². The number of allylic oxidation sites excluding steroid dienone is 5. The highest BCUT2D eigenvalue weighted by Gasteiger charge is 2.40. The fraction of sp³-hybridized carbons (Fsp3) is 0.269. The Bertz CT molecular complexity index is 1280. The Morgan fingerprint density at radius 2 is 1.95 bits per heavy atom. The lowest BCUT2D eigenvalue weighted by Gasteiger charge is -2.24. The van der Waals surface area contributed by atoms with Crippen LogP contribution in [0, 0.1) is 17.0 Å². The summed E-state index contributed by atoms with van der Waals surface area (Å²) in [5, 5.41) is 24.7. The first-order valence-corrected chi connectivity index (χ1v) is 12.0. The smallest absolute Gasteiger partial charge is 0.326 e. The maximum absolute atomic E-state index is 12.9. The van der Waals surface area contributed by atoms with E-state index in [0.29, 0.717) is 5.56 Å². The second-order valence-electron chi connectivity index (χ2n) is 8.70. The molecule has 0 radical (unpaired) electrons. The van der Waals surface area contributed by atoms with Crippen molar-refractivity contribution in [3.63, 3.8) is 0 Å². The summed E-state index contributed by atoms with van der Waals surface area (Å²) in [6, 6.07) is 5.78. The van der Waals surface area contributed by atoms with Crippen molar-refractivity contribution in [3.8, 4) is 0 Å². The van der Waals surface area contributed by atoms with Gasteiger partial charge in [0.15, 0.2) is 5.03 Å².